The lowest BCUT2D eigenvalue weighted by Gasteiger charge is -2.24. The Morgan fingerprint density at radius 1 is 1.20 bits per heavy atom. The largest absolute Gasteiger partial charge is 0.444 e. The molecular formula is C16H20F3N3O3. The standard InChI is InChI=1S/C16H20F3N3O3/c1-16(2,3)25-15(24)22-7-6-9(8-22)14(23)21-20-11-5-4-10(17)12(18)13(11)19/h4-5,9,20H,6-8H2,1-3H3,(H,21,23)/t9-/m0/s1. The number of hydrogen-bond acceptors (Lipinski definition) is 4. The first kappa shape index (κ1) is 18.9. The van der Waals surface area contributed by atoms with E-state index in [-0.39, 0.29) is 6.54 Å². The number of carbonyl (C=O) groups excluding carboxylic acids is 2. The Hall–Kier alpha value is -2.45. The van der Waals surface area contributed by atoms with E-state index in [4.69, 9.17) is 4.74 Å². The zero-order chi connectivity index (χ0) is 18.8. The lowest BCUT2D eigenvalue weighted by atomic mass is 10.1. The van der Waals surface area contributed by atoms with Crippen LogP contribution in [0, 0.1) is 23.4 Å². The maximum absolute atomic E-state index is 13.5. The molecule has 0 aliphatic carbocycles. The predicted octanol–water partition coefficient (Wildman–Crippen LogP) is 2.80. The first-order valence-corrected chi connectivity index (χ1v) is 7.76. The van der Waals surface area contributed by atoms with Crippen molar-refractivity contribution in [2.75, 3.05) is 18.5 Å². The van der Waals surface area contributed by atoms with Crippen LogP contribution < -0.4 is 10.9 Å². The van der Waals surface area contributed by atoms with Crippen molar-refractivity contribution in [2.24, 2.45) is 5.92 Å². The number of halogens is 3. The molecule has 1 aromatic rings. The predicted molar refractivity (Wildman–Crippen MR) is 84.0 cm³/mol. The van der Waals surface area contributed by atoms with Crippen LogP contribution in [0.5, 0.6) is 0 Å². The van der Waals surface area contributed by atoms with E-state index in [0.29, 0.717) is 13.0 Å². The quantitative estimate of drug-likeness (QED) is 0.643. The van der Waals surface area contributed by atoms with Crippen molar-refractivity contribution in [1.82, 2.24) is 10.3 Å². The maximum atomic E-state index is 13.5. The van der Waals surface area contributed by atoms with E-state index in [2.05, 4.69) is 10.9 Å². The van der Waals surface area contributed by atoms with Crippen LogP contribution in [0.1, 0.15) is 27.2 Å². The van der Waals surface area contributed by atoms with Gasteiger partial charge in [0.15, 0.2) is 17.5 Å². The van der Waals surface area contributed by atoms with E-state index in [1.165, 1.54) is 4.90 Å². The van der Waals surface area contributed by atoms with Gasteiger partial charge in [-0.3, -0.25) is 15.6 Å². The number of nitrogens with zero attached hydrogens (tertiary/aromatic N) is 1. The van der Waals surface area contributed by atoms with Gasteiger partial charge in [-0.1, -0.05) is 0 Å². The summed E-state index contributed by atoms with van der Waals surface area (Å²) in [6, 6.07) is 1.71. The Kier molecular flexibility index (Phi) is 5.44. The van der Waals surface area contributed by atoms with Crippen LogP contribution in [0.4, 0.5) is 23.7 Å². The first-order valence-electron chi connectivity index (χ1n) is 7.76. The minimum atomic E-state index is -1.63. The number of anilines is 1. The maximum Gasteiger partial charge on any atom is 0.410 e. The van der Waals surface area contributed by atoms with E-state index in [0.717, 1.165) is 12.1 Å². The number of nitrogens with one attached hydrogen (secondary N) is 2. The summed E-state index contributed by atoms with van der Waals surface area (Å²) in [5, 5.41) is 0. The van der Waals surface area contributed by atoms with E-state index in [1.54, 1.807) is 20.8 Å². The fourth-order valence-corrected chi connectivity index (χ4v) is 2.32. The average molecular weight is 359 g/mol. The van der Waals surface area contributed by atoms with Crippen molar-refractivity contribution < 1.29 is 27.5 Å². The second-order valence-corrected chi connectivity index (χ2v) is 6.75. The van der Waals surface area contributed by atoms with Gasteiger partial charge in [0.05, 0.1) is 11.6 Å². The van der Waals surface area contributed by atoms with Crippen LogP contribution in [0.3, 0.4) is 0 Å². The van der Waals surface area contributed by atoms with Gasteiger partial charge < -0.3 is 9.64 Å². The van der Waals surface area contributed by atoms with Crippen LogP contribution in [0.25, 0.3) is 0 Å². The van der Waals surface area contributed by atoms with Gasteiger partial charge in [-0.2, -0.15) is 0 Å². The smallest absolute Gasteiger partial charge is 0.410 e. The zero-order valence-electron chi connectivity index (χ0n) is 14.2. The minimum absolute atomic E-state index is 0.155. The number of rotatable bonds is 3. The topological polar surface area (TPSA) is 70.7 Å². The van der Waals surface area contributed by atoms with E-state index in [9.17, 15) is 22.8 Å². The molecule has 1 saturated heterocycles. The highest BCUT2D eigenvalue weighted by Crippen LogP contribution is 2.21. The molecule has 2 rings (SSSR count). The third-order valence-electron chi connectivity index (χ3n) is 3.57. The molecule has 6 nitrogen and oxygen atoms in total. The fraction of sp³-hybridized carbons (Fsp3) is 0.500. The lowest BCUT2D eigenvalue weighted by Crippen LogP contribution is -2.39. The highest BCUT2D eigenvalue weighted by atomic mass is 19.2. The van der Waals surface area contributed by atoms with Crippen molar-refractivity contribution in [3.8, 4) is 0 Å². The molecule has 1 aliphatic heterocycles. The van der Waals surface area contributed by atoms with Gasteiger partial charge in [0.2, 0.25) is 5.91 Å². The van der Waals surface area contributed by atoms with Crippen LogP contribution in [-0.2, 0) is 9.53 Å². The zero-order valence-corrected chi connectivity index (χ0v) is 14.2. The second-order valence-electron chi connectivity index (χ2n) is 6.75. The monoisotopic (exact) mass is 359 g/mol. The average Bonchev–Trinajstić information content (AvgIpc) is 3.00. The summed E-state index contributed by atoms with van der Waals surface area (Å²) < 4.78 is 44.7. The number of amides is 2. The second kappa shape index (κ2) is 7.20. The molecule has 0 spiro atoms. The highest BCUT2D eigenvalue weighted by Gasteiger charge is 2.33. The molecule has 1 atom stereocenters. The van der Waals surface area contributed by atoms with Crippen molar-refractivity contribution in [1.29, 1.82) is 0 Å². The number of ether oxygens (including phenoxy) is 1. The summed E-state index contributed by atoms with van der Waals surface area (Å²) in [4.78, 5) is 25.5. The Balaban J connectivity index is 1.88. The summed E-state index contributed by atoms with van der Waals surface area (Å²) >= 11 is 0. The number of benzene rings is 1. The summed E-state index contributed by atoms with van der Waals surface area (Å²) in [7, 11) is 0. The van der Waals surface area contributed by atoms with Gasteiger partial charge in [0.1, 0.15) is 5.60 Å². The third kappa shape index (κ3) is 4.77. The first-order chi connectivity index (χ1) is 11.6. The van der Waals surface area contributed by atoms with Crippen molar-refractivity contribution in [3.05, 3.63) is 29.6 Å². The van der Waals surface area contributed by atoms with E-state index < -0.39 is 46.7 Å². The van der Waals surface area contributed by atoms with Crippen molar-refractivity contribution in [2.45, 2.75) is 32.8 Å². The molecule has 2 amide bonds. The summed E-state index contributed by atoms with van der Waals surface area (Å²) in [6.07, 6.45) is -0.102. The Morgan fingerprint density at radius 2 is 1.88 bits per heavy atom. The molecule has 1 heterocycles. The Labute approximate surface area is 143 Å². The molecule has 9 heteroatoms. The number of carbonyl (C=O) groups is 2. The Morgan fingerprint density at radius 3 is 2.52 bits per heavy atom. The SMILES string of the molecule is CC(C)(C)OC(=O)N1CC[C@H](C(=O)NNc2ccc(F)c(F)c2F)C1. The molecule has 0 aromatic heterocycles. The van der Waals surface area contributed by atoms with Gasteiger partial charge in [-0.25, -0.2) is 18.0 Å². The minimum Gasteiger partial charge on any atom is -0.444 e. The number of likely N-dealkylation sites (tertiary alicyclic amines) is 1. The number of hydrogen-bond donors (Lipinski definition) is 2. The van der Waals surface area contributed by atoms with Gasteiger partial charge in [0.25, 0.3) is 0 Å². The molecular weight excluding hydrogens is 339 g/mol. The summed E-state index contributed by atoms with van der Waals surface area (Å²) in [6.45, 7) is 5.73. The molecule has 0 unspecified atom stereocenters. The molecule has 0 bridgehead atoms. The lowest BCUT2D eigenvalue weighted by molar-refractivity contribution is -0.124. The van der Waals surface area contributed by atoms with Crippen LogP contribution >= 0.6 is 0 Å². The van der Waals surface area contributed by atoms with Gasteiger partial charge in [-0.15, -0.1) is 0 Å². The van der Waals surface area contributed by atoms with Gasteiger partial charge >= 0.3 is 6.09 Å². The molecule has 0 saturated carbocycles. The Bertz CT molecular complexity index is 677. The van der Waals surface area contributed by atoms with Crippen molar-refractivity contribution in [3.63, 3.8) is 0 Å². The third-order valence-corrected chi connectivity index (χ3v) is 3.57. The van der Waals surface area contributed by atoms with Gasteiger partial charge in [0, 0.05) is 13.1 Å². The molecule has 25 heavy (non-hydrogen) atoms. The van der Waals surface area contributed by atoms with E-state index >= 15 is 0 Å². The normalized spacial score (nSPS) is 17.4. The molecule has 0 radical (unpaired) electrons. The fourth-order valence-electron chi connectivity index (χ4n) is 2.32. The molecule has 138 valence electrons. The molecule has 2 N–H and O–H groups in total. The number of hydrazine groups is 1. The summed E-state index contributed by atoms with van der Waals surface area (Å²) in [5.41, 5.74) is 3.43. The van der Waals surface area contributed by atoms with Crippen LogP contribution in [0.2, 0.25) is 0 Å². The molecule has 1 fully saturated rings. The molecule has 1 aromatic carbocycles. The van der Waals surface area contributed by atoms with E-state index in [1.807, 2.05) is 0 Å². The summed E-state index contributed by atoms with van der Waals surface area (Å²) in [5.74, 6) is -5.39. The molecule has 1 aliphatic rings. The van der Waals surface area contributed by atoms with Crippen LogP contribution in [0.15, 0.2) is 12.1 Å². The van der Waals surface area contributed by atoms with Gasteiger partial charge in [-0.05, 0) is 39.3 Å². The van der Waals surface area contributed by atoms with Crippen LogP contribution in [-0.4, -0.2) is 35.6 Å². The highest BCUT2D eigenvalue weighted by molar-refractivity contribution is 5.81. The van der Waals surface area contributed by atoms with Crippen molar-refractivity contribution >= 4 is 17.7 Å².